The van der Waals surface area contributed by atoms with Crippen molar-refractivity contribution in [3.05, 3.63) is 34.3 Å². The van der Waals surface area contributed by atoms with E-state index in [4.69, 9.17) is 4.74 Å². The van der Waals surface area contributed by atoms with Gasteiger partial charge in [-0.05, 0) is 59.2 Å². The number of rotatable bonds is 3. The van der Waals surface area contributed by atoms with Crippen molar-refractivity contribution in [1.29, 1.82) is 0 Å². The number of amides is 1. The second-order valence-electron chi connectivity index (χ2n) is 7.17. The molecule has 0 bridgehead atoms. The first-order chi connectivity index (χ1) is 9.51. The number of ether oxygens (including phenoxy) is 1. The fourth-order valence-corrected chi connectivity index (χ4v) is 3.01. The van der Waals surface area contributed by atoms with E-state index >= 15 is 0 Å². The second-order valence-corrected chi connectivity index (χ2v) is 8.09. The van der Waals surface area contributed by atoms with E-state index in [1.807, 2.05) is 65.8 Å². The highest BCUT2D eigenvalue weighted by Gasteiger charge is 2.36. The maximum atomic E-state index is 12.4. The lowest BCUT2D eigenvalue weighted by atomic mass is 9.97. The van der Waals surface area contributed by atoms with Crippen LogP contribution < -0.4 is 0 Å². The van der Waals surface area contributed by atoms with Crippen molar-refractivity contribution in [3.63, 3.8) is 0 Å². The molecule has 4 heteroatoms. The van der Waals surface area contributed by atoms with Crippen LogP contribution >= 0.6 is 15.9 Å². The average Bonchev–Trinajstić information content (AvgIpc) is 2.24. The average molecular weight is 356 g/mol. The molecular weight excluding hydrogens is 330 g/mol. The molecule has 0 saturated heterocycles. The number of halogens is 1. The van der Waals surface area contributed by atoms with Gasteiger partial charge in [-0.1, -0.05) is 28.1 Å². The van der Waals surface area contributed by atoms with Gasteiger partial charge in [-0.25, -0.2) is 4.79 Å². The van der Waals surface area contributed by atoms with Gasteiger partial charge in [0.05, 0.1) is 6.61 Å². The van der Waals surface area contributed by atoms with Crippen LogP contribution in [0.2, 0.25) is 0 Å². The first-order valence-corrected chi connectivity index (χ1v) is 8.02. The molecule has 0 fully saturated rings. The zero-order chi connectivity index (χ0) is 16.3. The van der Waals surface area contributed by atoms with E-state index in [1.54, 1.807) is 4.90 Å². The Kier molecular flexibility index (Phi) is 5.85. The van der Waals surface area contributed by atoms with E-state index in [-0.39, 0.29) is 17.2 Å². The van der Waals surface area contributed by atoms with Crippen LogP contribution in [-0.4, -0.2) is 28.7 Å². The lowest BCUT2D eigenvalue weighted by Crippen LogP contribution is -2.55. The molecule has 0 spiro atoms. The predicted octanol–water partition coefficient (Wildman–Crippen LogP) is 5.03. The van der Waals surface area contributed by atoms with Crippen molar-refractivity contribution >= 4 is 22.0 Å². The molecule has 118 valence electrons. The van der Waals surface area contributed by atoms with Gasteiger partial charge in [0.2, 0.25) is 0 Å². The van der Waals surface area contributed by atoms with Crippen molar-refractivity contribution < 1.29 is 9.53 Å². The Hall–Kier alpha value is -1.03. The summed E-state index contributed by atoms with van der Waals surface area (Å²) in [4.78, 5) is 14.2. The topological polar surface area (TPSA) is 29.5 Å². The van der Waals surface area contributed by atoms with E-state index in [0.717, 1.165) is 10.0 Å². The Morgan fingerprint density at radius 2 is 1.71 bits per heavy atom. The molecule has 1 aromatic rings. The Bertz CT molecular complexity index is 472. The van der Waals surface area contributed by atoms with E-state index in [0.29, 0.717) is 13.0 Å². The third-order valence-corrected chi connectivity index (χ3v) is 3.52. The summed E-state index contributed by atoms with van der Waals surface area (Å²) in [6.07, 6.45) is 0.456. The third kappa shape index (κ3) is 5.70. The quantitative estimate of drug-likeness (QED) is 0.760. The Morgan fingerprint density at radius 1 is 1.14 bits per heavy atom. The summed E-state index contributed by atoms with van der Waals surface area (Å²) in [6, 6.07) is 8.04. The van der Waals surface area contributed by atoms with Crippen LogP contribution in [0.5, 0.6) is 0 Å². The normalized spacial score (nSPS) is 12.1. The molecule has 0 N–H and O–H groups in total. The molecule has 1 aromatic carbocycles. The van der Waals surface area contributed by atoms with E-state index < -0.39 is 0 Å². The summed E-state index contributed by atoms with van der Waals surface area (Å²) in [5.41, 5.74) is 0.603. The maximum Gasteiger partial charge on any atom is 0.410 e. The Balaban J connectivity index is 2.63. The molecule has 0 heterocycles. The summed E-state index contributed by atoms with van der Waals surface area (Å²) in [7, 11) is 0. The molecule has 0 aliphatic heterocycles. The van der Waals surface area contributed by atoms with Crippen LogP contribution in [0, 0.1) is 0 Å². The van der Waals surface area contributed by atoms with Gasteiger partial charge in [0.1, 0.15) is 0 Å². The summed E-state index contributed by atoms with van der Waals surface area (Å²) >= 11 is 3.44. The lowest BCUT2D eigenvalue weighted by Gasteiger charge is -2.44. The Labute approximate surface area is 136 Å². The van der Waals surface area contributed by atoms with Crippen LogP contribution in [0.4, 0.5) is 4.79 Å². The van der Waals surface area contributed by atoms with Gasteiger partial charge in [0, 0.05) is 22.0 Å². The van der Waals surface area contributed by atoms with Gasteiger partial charge >= 0.3 is 6.09 Å². The first-order valence-electron chi connectivity index (χ1n) is 7.23. The molecule has 3 nitrogen and oxygen atoms in total. The van der Waals surface area contributed by atoms with Crippen molar-refractivity contribution in [2.45, 2.75) is 59.0 Å². The highest BCUT2D eigenvalue weighted by atomic mass is 79.9. The molecule has 0 aliphatic rings. The summed E-state index contributed by atoms with van der Waals surface area (Å²) in [6.45, 7) is 12.5. The highest BCUT2D eigenvalue weighted by Crippen LogP contribution is 2.25. The number of carbonyl (C=O) groups is 1. The van der Waals surface area contributed by atoms with Gasteiger partial charge in [0.15, 0.2) is 0 Å². The minimum atomic E-state index is -0.273. The summed E-state index contributed by atoms with van der Waals surface area (Å²) < 4.78 is 6.51. The molecule has 0 unspecified atom stereocenters. The second kappa shape index (κ2) is 6.82. The standard InChI is InChI=1S/C17H26BrNO2/c1-16(2,3)19(17(4,5)6)15(20)21-11-10-13-8-7-9-14(18)12-13/h7-9,12H,10-11H2,1-6H3. The fraction of sp³-hybridized carbons (Fsp3) is 0.588. The van der Waals surface area contributed by atoms with Crippen LogP contribution in [0.25, 0.3) is 0 Å². The van der Waals surface area contributed by atoms with Crippen molar-refractivity contribution in [3.8, 4) is 0 Å². The SMILES string of the molecule is CC(C)(C)N(C(=O)OCCc1cccc(Br)c1)C(C)(C)C. The molecule has 0 atom stereocenters. The molecular formula is C17H26BrNO2. The van der Waals surface area contributed by atoms with Crippen LogP contribution in [0.15, 0.2) is 28.7 Å². The molecule has 1 amide bonds. The van der Waals surface area contributed by atoms with Crippen LogP contribution in [0.1, 0.15) is 47.1 Å². The summed E-state index contributed by atoms with van der Waals surface area (Å²) in [5.74, 6) is 0. The van der Waals surface area contributed by atoms with Crippen LogP contribution in [-0.2, 0) is 11.2 Å². The molecule has 1 rings (SSSR count). The molecule has 0 aliphatic carbocycles. The van der Waals surface area contributed by atoms with Gasteiger partial charge in [0.25, 0.3) is 0 Å². The maximum absolute atomic E-state index is 12.4. The van der Waals surface area contributed by atoms with Crippen molar-refractivity contribution in [2.24, 2.45) is 0 Å². The first kappa shape index (κ1) is 18.0. The minimum Gasteiger partial charge on any atom is -0.449 e. The number of nitrogens with zero attached hydrogens (tertiary/aromatic N) is 1. The number of hydrogen-bond acceptors (Lipinski definition) is 2. The fourth-order valence-electron chi connectivity index (χ4n) is 2.57. The van der Waals surface area contributed by atoms with Gasteiger partial charge in [-0.2, -0.15) is 0 Å². The third-order valence-electron chi connectivity index (χ3n) is 3.03. The van der Waals surface area contributed by atoms with Gasteiger partial charge in [-0.3, -0.25) is 4.90 Å². The zero-order valence-electron chi connectivity index (χ0n) is 13.9. The number of hydrogen-bond donors (Lipinski definition) is 0. The van der Waals surface area contributed by atoms with Gasteiger partial charge < -0.3 is 4.74 Å². The monoisotopic (exact) mass is 355 g/mol. The van der Waals surface area contributed by atoms with Crippen LogP contribution in [0.3, 0.4) is 0 Å². The van der Waals surface area contributed by atoms with Gasteiger partial charge in [-0.15, -0.1) is 0 Å². The smallest absolute Gasteiger partial charge is 0.410 e. The summed E-state index contributed by atoms with van der Waals surface area (Å²) in [5, 5.41) is 0. The highest BCUT2D eigenvalue weighted by molar-refractivity contribution is 9.10. The molecule has 0 saturated carbocycles. The van der Waals surface area contributed by atoms with E-state index in [9.17, 15) is 4.79 Å². The number of carbonyl (C=O) groups excluding carboxylic acids is 1. The minimum absolute atomic E-state index is 0.259. The van der Waals surface area contributed by atoms with Crippen molar-refractivity contribution in [1.82, 2.24) is 4.90 Å². The number of benzene rings is 1. The van der Waals surface area contributed by atoms with Crippen molar-refractivity contribution in [2.75, 3.05) is 6.61 Å². The molecule has 21 heavy (non-hydrogen) atoms. The Morgan fingerprint density at radius 3 is 2.19 bits per heavy atom. The molecule has 0 aromatic heterocycles. The largest absolute Gasteiger partial charge is 0.449 e. The lowest BCUT2D eigenvalue weighted by molar-refractivity contribution is 0.0210. The zero-order valence-corrected chi connectivity index (χ0v) is 15.5. The molecule has 0 radical (unpaired) electrons. The predicted molar refractivity (Wildman–Crippen MR) is 90.5 cm³/mol. The van der Waals surface area contributed by atoms with E-state index in [2.05, 4.69) is 15.9 Å². The van der Waals surface area contributed by atoms with E-state index in [1.165, 1.54) is 0 Å².